The molecule has 0 aromatic carbocycles. The molecule has 1 aliphatic heterocycles. The fourth-order valence-corrected chi connectivity index (χ4v) is 3.33. The molecule has 2 N–H and O–H groups in total. The summed E-state index contributed by atoms with van der Waals surface area (Å²) in [5, 5.41) is 5.00. The molecule has 0 aromatic rings. The number of nitrogens with one attached hydrogen (secondary N) is 2. The average Bonchev–Trinajstić information content (AvgIpc) is 2.80. The molecule has 0 bridgehead atoms. The van der Waals surface area contributed by atoms with E-state index in [0.29, 0.717) is 13.1 Å². The van der Waals surface area contributed by atoms with Gasteiger partial charge in [-0.05, 0) is 26.7 Å². The first-order valence-corrected chi connectivity index (χ1v) is 7.29. The van der Waals surface area contributed by atoms with Crippen LogP contribution < -0.4 is 10.6 Å². The molecule has 6 heteroatoms. The lowest BCUT2D eigenvalue weighted by atomic mass is 9.94. The molecule has 1 saturated carbocycles. The molecule has 3 amide bonds. The number of morpholine rings is 1. The zero-order valence-corrected chi connectivity index (χ0v) is 12.6. The fourth-order valence-electron chi connectivity index (χ4n) is 3.33. The largest absolute Gasteiger partial charge is 0.365 e. The summed E-state index contributed by atoms with van der Waals surface area (Å²) in [7, 11) is 1.53. The van der Waals surface area contributed by atoms with Crippen molar-refractivity contribution >= 4 is 11.9 Å². The standard InChI is InChI=1S/C14H25N3O3/c1-13(2)9-17(11(18)8-16-12(19)15-3)10-14(20-13)6-4-5-7-14/h4-10H2,1-3H3,(H2,15,16,19). The van der Waals surface area contributed by atoms with Crippen LogP contribution in [0.15, 0.2) is 0 Å². The van der Waals surface area contributed by atoms with E-state index in [9.17, 15) is 9.59 Å². The average molecular weight is 283 g/mol. The molecule has 0 radical (unpaired) electrons. The van der Waals surface area contributed by atoms with Gasteiger partial charge in [-0.15, -0.1) is 0 Å². The second-order valence-electron chi connectivity index (χ2n) is 6.43. The van der Waals surface area contributed by atoms with Crippen LogP contribution in [0.1, 0.15) is 39.5 Å². The molecule has 114 valence electrons. The van der Waals surface area contributed by atoms with Gasteiger partial charge in [-0.1, -0.05) is 12.8 Å². The summed E-state index contributed by atoms with van der Waals surface area (Å²) >= 11 is 0. The summed E-state index contributed by atoms with van der Waals surface area (Å²) in [4.78, 5) is 25.3. The van der Waals surface area contributed by atoms with Gasteiger partial charge in [0.05, 0.1) is 17.7 Å². The Hall–Kier alpha value is -1.30. The van der Waals surface area contributed by atoms with E-state index in [-0.39, 0.29) is 29.7 Å². The number of urea groups is 1. The molecule has 2 fully saturated rings. The molecule has 2 aliphatic rings. The summed E-state index contributed by atoms with van der Waals surface area (Å²) in [6.07, 6.45) is 4.36. The predicted octanol–water partition coefficient (Wildman–Crippen LogP) is 0.866. The summed E-state index contributed by atoms with van der Waals surface area (Å²) in [5.74, 6) is -0.0451. The van der Waals surface area contributed by atoms with E-state index in [1.165, 1.54) is 7.05 Å². The number of rotatable bonds is 2. The number of nitrogens with zero attached hydrogens (tertiary/aromatic N) is 1. The maximum atomic E-state index is 12.3. The van der Waals surface area contributed by atoms with E-state index in [2.05, 4.69) is 10.6 Å². The van der Waals surface area contributed by atoms with Gasteiger partial charge in [0.15, 0.2) is 0 Å². The van der Waals surface area contributed by atoms with Gasteiger partial charge in [0.25, 0.3) is 0 Å². The van der Waals surface area contributed by atoms with Crippen molar-refractivity contribution in [3.8, 4) is 0 Å². The van der Waals surface area contributed by atoms with E-state index in [0.717, 1.165) is 25.7 Å². The van der Waals surface area contributed by atoms with Gasteiger partial charge >= 0.3 is 6.03 Å². The van der Waals surface area contributed by atoms with E-state index in [1.54, 1.807) is 0 Å². The monoisotopic (exact) mass is 283 g/mol. The minimum absolute atomic E-state index is 0.0336. The Morgan fingerprint density at radius 2 is 1.85 bits per heavy atom. The first-order chi connectivity index (χ1) is 9.36. The highest BCUT2D eigenvalue weighted by atomic mass is 16.5. The van der Waals surface area contributed by atoms with E-state index >= 15 is 0 Å². The molecular weight excluding hydrogens is 258 g/mol. The van der Waals surface area contributed by atoms with Gasteiger partial charge in [-0.25, -0.2) is 4.79 Å². The molecule has 1 aliphatic carbocycles. The highest BCUT2D eigenvalue weighted by Gasteiger charge is 2.46. The van der Waals surface area contributed by atoms with Crippen molar-refractivity contribution in [2.24, 2.45) is 0 Å². The maximum absolute atomic E-state index is 12.3. The normalized spacial score (nSPS) is 23.6. The van der Waals surface area contributed by atoms with Crippen LogP contribution in [-0.2, 0) is 9.53 Å². The Morgan fingerprint density at radius 3 is 2.45 bits per heavy atom. The number of amides is 3. The van der Waals surface area contributed by atoms with Crippen LogP contribution in [0.4, 0.5) is 4.79 Å². The van der Waals surface area contributed by atoms with Gasteiger partial charge in [0, 0.05) is 20.1 Å². The third kappa shape index (κ3) is 3.42. The second-order valence-corrected chi connectivity index (χ2v) is 6.43. The zero-order valence-electron chi connectivity index (χ0n) is 12.6. The van der Waals surface area contributed by atoms with Crippen LogP contribution in [0.25, 0.3) is 0 Å². The van der Waals surface area contributed by atoms with Crippen LogP contribution in [0.2, 0.25) is 0 Å². The molecule has 0 unspecified atom stereocenters. The molecule has 1 spiro atoms. The SMILES string of the molecule is CNC(=O)NCC(=O)N1CC(C)(C)OC2(CCCC2)C1. The molecular formula is C14H25N3O3. The third-order valence-electron chi connectivity index (χ3n) is 4.04. The summed E-state index contributed by atoms with van der Waals surface area (Å²) in [6.45, 7) is 5.30. The quantitative estimate of drug-likeness (QED) is 0.790. The first-order valence-electron chi connectivity index (χ1n) is 7.29. The van der Waals surface area contributed by atoms with Crippen LogP contribution in [0.3, 0.4) is 0 Å². The predicted molar refractivity (Wildman–Crippen MR) is 75.4 cm³/mol. The number of hydrogen-bond donors (Lipinski definition) is 2. The Balaban J connectivity index is 1.99. The van der Waals surface area contributed by atoms with Crippen molar-refractivity contribution in [3.63, 3.8) is 0 Å². The summed E-state index contributed by atoms with van der Waals surface area (Å²) in [5.41, 5.74) is -0.504. The molecule has 1 saturated heterocycles. The van der Waals surface area contributed by atoms with E-state index in [4.69, 9.17) is 4.74 Å². The van der Waals surface area contributed by atoms with Gasteiger partial charge in [0.1, 0.15) is 0 Å². The lowest BCUT2D eigenvalue weighted by Gasteiger charge is -2.48. The Bertz CT molecular complexity index is 389. The second kappa shape index (κ2) is 5.60. The van der Waals surface area contributed by atoms with Crippen LogP contribution in [-0.4, -0.2) is 54.7 Å². The lowest BCUT2D eigenvalue weighted by Crippen LogP contribution is -2.61. The van der Waals surface area contributed by atoms with Crippen molar-refractivity contribution in [3.05, 3.63) is 0 Å². The molecule has 0 aromatic heterocycles. The van der Waals surface area contributed by atoms with Gasteiger partial charge in [-0.3, -0.25) is 4.79 Å². The highest BCUT2D eigenvalue weighted by Crippen LogP contribution is 2.40. The zero-order chi connectivity index (χ0) is 14.8. The van der Waals surface area contributed by atoms with Gasteiger partial charge in [-0.2, -0.15) is 0 Å². The number of hydrogen-bond acceptors (Lipinski definition) is 3. The summed E-state index contributed by atoms with van der Waals surface area (Å²) in [6, 6.07) is -0.332. The molecule has 2 rings (SSSR count). The molecule has 1 heterocycles. The van der Waals surface area contributed by atoms with Crippen LogP contribution in [0.5, 0.6) is 0 Å². The molecule has 6 nitrogen and oxygen atoms in total. The van der Waals surface area contributed by atoms with Crippen molar-refractivity contribution in [1.82, 2.24) is 15.5 Å². The third-order valence-corrected chi connectivity index (χ3v) is 4.04. The minimum Gasteiger partial charge on any atom is -0.365 e. The van der Waals surface area contributed by atoms with Gasteiger partial charge in [0.2, 0.25) is 5.91 Å². The Kier molecular flexibility index (Phi) is 4.22. The topological polar surface area (TPSA) is 70.7 Å². The van der Waals surface area contributed by atoms with Gasteiger partial charge < -0.3 is 20.3 Å². The molecule has 0 atom stereocenters. The van der Waals surface area contributed by atoms with Crippen molar-refractivity contribution in [2.75, 3.05) is 26.7 Å². The summed E-state index contributed by atoms with van der Waals surface area (Å²) < 4.78 is 6.26. The van der Waals surface area contributed by atoms with Crippen LogP contribution in [0, 0.1) is 0 Å². The lowest BCUT2D eigenvalue weighted by molar-refractivity contribution is -0.197. The number of carbonyl (C=O) groups is 2. The smallest absolute Gasteiger partial charge is 0.314 e. The molecule has 20 heavy (non-hydrogen) atoms. The van der Waals surface area contributed by atoms with Crippen molar-refractivity contribution in [2.45, 2.75) is 50.7 Å². The van der Waals surface area contributed by atoms with E-state index < -0.39 is 0 Å². The van der Waals surface area contributed by atoms with E-state index in [1.807, 2.05) is 18.7 Å². The maximum Gasteiger partial charge on any atom is 0.314 e. The first kappa shape index (κ1) is 15.1. The number of ether oxygens (including phenoxy) is 1. The minimum atomic E-state index is -0.332. The van der Waals surface area contributed by atoms with Crippen LogP contribution >= 0.6 is 0 Å². The fraction of sp³-hybridized carbons (Fsp3) is 0.857. The van der Waals surface area contributed by atoms with Crippen molar-refractivity contribution in [1.29, 1.82) is 0 Å². The van der Waals surface area contributed by atoms with Crippen molar-refractivity contribution < 1.29 is 14.3 Å². The Morgan fingerprint density at radius 1 is 1.20 bits per heavy atom. The number of carbonyl (C=O) groups excluding carboxylic acids is 2. The Labute approximate surface area is 120 Å². The highest BCUT2D eigenvalue weighted by molar-refractivity contribution is 5.84.